The summed E-state index contributed by atoms with van der Waals surface area (Å²) in [6.07, 6.45) is 1.63. The molecule has 0 aromatic rings. The molecule has 1 unspecified atom stereocenters. The van der Waals surface area contributed by atoms with Crippen LogP contribution < -0.4 is 5.32 Å². The van der Waals surface area contributed by atoms with E-state index in [-0.39, 0.29) is 15.2 Å². The highest BCUT2D eigenvalue weighted by Gasteiger charge is 2.47. The standard InChI is InChI=1S/C15H14F3N2O3.2H2/c1-3-23-14(22)12(15(16,17)18)20-13(21)10-7-9-6-4-5-8(2)11(9)19-10;;/h4-7,12H,3H2,1-2H3,(H,20,21);2*1H. The minimum atomic E-state index is -4.95. The molecule has 1 heterocycles. The van der Waals surface area contributed by atoms with Crippen LogP contribution in [0.4, 0.5) is 13.2 Å². The van der Waals surface area contributed by atoms with Gasteiger partial charge >= 0.3 is 12.1 Å². The summed E-state index contributed by atoms with van der Waals surface area (Å²) in [7, 11) is 0. The van der Waals surface area contributed by atoms with Gasteiger partial charge in [0.15, 0.2) is 0 Å². The van der Waals surface area contributed by atoms with Gasteiger partial charge in [-0.3, -0.25) is 9.79 Å². The first-order valence-corrected chi connectivity index (χ1v) is 6.81. The number of hydrogen-bond acceptors (Lipinski definition) is 4. The van der Waals surface area contributed by atoms with Gasteiger partial charge in [-0.2, -0.15) is 13.2 Å². The van der Waals surface area contributed by atoms with Crippen LogP contribution in [0.2, 0.25) is 0 Å². The van der Waals surface area contributed by atoms with E-state index in [1.165, 1.54) is 13.0 Å². The Morgan fingerprint density at radius 1 is 1.43 bits per heavy atom. The third-order valence-electron chi connectivity index (χ3n) is 3.15. The van der Waals surface area contributed by atoms with Crippen molar-refractivity contribution in [3.8, 4) is 0 Å². The van der Waals surface area contributed by atoms with E-state index in [1.54, 1.807) is 30.5 Å². The Labute approximate surface area is 133 Å². The number of fused-ring (bicyclic) bond motifs is 1. The minimum Gasteiger partial charge on any atom is -0.464 e. The van der Waals surface area contributed by atoms with Crippen LogP contribution in [-0.2, 0) is 14.3 Å². The van der Waals surface area contributed by atoms with Crippen LogP contribution in [0.25, 0.3) is 0 Å². The summed E-state index contributed by atoms with van der Waals surface area (Å²) in [6.45, 7) is 2.93. The third kappa shape index (κ3) is 3.69. The van der Waals surface area contributed by atoms with E-state index in [2.05, 4.69) is 9.73 Å². The Balaban J connectivity index is 0.00000288. The summed E-state index contributed by atoms with van der Waals surface area (Å²) in [5.41, 5.74) is 1.24. The molecule has 2 aliphatic rings. The normalized spacial score (nSPS) is 18.6. The van der Waals surface area contributed by atoms with E-state index >= 15 is 0 Å². The topological polar surface area (TPSA) is 67.8 Å². The molecule has 0 aromatic carbocycles. The van der Waals surface area contributed by atoms with Crippen LogP contribution in [0.5, 0.6) is 0 Å². The lowest BCUT2D eigenvalue weighted by atomic mass is 9.97. The first kappa shape index (κ1) is 17.0. The highest BCUT2D eigenvalue weighted by molar-refractivity contribution is 6.45. The maximum absolute atomic E-state index is 12.9. The van der Waals surface area contributed by atoms with E-state index in [0.29, 0.717) is 11.6 Å². The number of rotatable bonds is 4. The minimum absolute atomic E-state index is 0. The molecule has 1 aliphatic heterocycles. The first-order valence-electron chi connectivity index (χ1n) is 6.81. The van der Waals surface area contributed by atoms with Gasteiger partial charge in [-0.15, -0.1) is 0 Å². The first-order chi connectivity index (χ1) is 10.7. The van der Waals surface area contributed by atoms with Gasteiger partial charge < -0.3 is 10.1 Å². The van der Waals surface area contributed by atoms with Crippen molar-refractivity contribution in [2.45, 2.75) is 26.1 Å². The van der Waals surface area contributed by atoms with Crippen molar-refractivity contribution in [1.82, 2.24) is 5.32 Å². The van der Waals surface area contributed by atoms with Crippen LogP contribution in [0.3, 0.4) is 0 Å². The van der Waals surface area contributed by atoms with Gasteiger partial charge in [0.1, 0.15) is 11.8 Å². The summed E-state index contributed by atoms with van der Waals surface area (Å²) in [5.74, 6) is -2.64. The van der Waals surface area contributed by atoms with Crippen molar-refractivity contribution >= 4 is 17.6 Å². The highest BCUT2D eigenvalue weighted by Crippen LogP contribution is 2.33. The van der Waals surface area contributed by atoms with Crippen molar-refractivity contribution in [1.29, 1.82) is 0 Å². The summed E-state index contributed by atoms with van der Waals surface area (Å²) in [4.78, 5) is 27.4. The van der Waals surface area contributed by atoms with Crippen molar-refractivity contribution in [3.63, 3.8) is 0 Å². The van der Waals surface area contributed by atoms with Gasteiger partial charge in [-0.05, 0) is 31.1 Å². The molecule has 2 rings (SSSR count). The Morgan fingerprint density at radius 3 is 2.70 bits per heavy atom. The number of ether oxygens (including phenoxy) is 1. The van der Waals surface area contributed by atoms with Crippen molar-refractivity contribution in [2.75, 3.05) is 6.61 Å². The number of carbonyl (C=O) groups excluding carboxylic acids is 2. The molecule has 0 bridgehead atoms. The molecule has 8 heteroatoms. The number of alkyl halides is 3. The number of hydrogen-bond donors (Lipinski definition) is 1. The molecule has 127 valence electrons. The molecule has 1 amide bonds. The predicted octanol–water partition coefficient (Wildman–Crippen LogP) is 2.52. The molecule has 1 aliphatic carbocycles. The average molecular weight is 331 g/mol. The molecule has 1 atom stereocenters. The summed E-state index contributed by atoms with van der Waals surface area (Å²) >= 11 is 0. The second kappa shape index (κ2) is 6.39. The Kier molecular flexibility index (Phi) is 4.72. The highest BCUT2D eigenvalue weighted by atomic mass is 19.4. The average Bonchev–Trinajstić information content (AvgIpc) is 2.89. The van der Waals surface area contributed by atoms with Gasteiger partial charge in [0.25, 0.3) is 5.91 Å². The number of nitrogens with one attached hydrogen (secondary N) is 1. The number of carbonyl (C=O) groups is 2. The van der Waals surface area contributed by atoms with Gasteiger partial charge in [-0.1, -0.05) is 18.2 Å². The largest absolute Gasteiger partial charge is 0.464 e. The van der Waals surface area contributed by atoms with E-state index in [1.807, 2.05) is 0 Å². The van der Waals surface area contributed by atoms with Gasteiger partial charge in [0.05, 0.1) is 6.61 Å². The van der Waals surface area contributed by atoms with Crippen LogP contribution in [0.1, 0.15) is 16.7 Å². The number of aliphatic imine (C=N–C) groups is 1. The van der Waals surface area contributed by atoms with Crippen LogP contribution >= 0.6 is 0 Å². The lowest BCUT2D eigenvalue weighted by Gasteiger charge is -2.19. The van der Waals surface area contributed by atoms with Crippen LogP contribution in [-0.4, -0.2) is 36.4 Å². The molecule has 1 radical (unpaired) electrons. The van der Waals surface area contributed by atoms with Crippen LogP contribution in [0.15, 0.2) is 40.4 Å². The van der Waals surface area contributed by atoms with Crippen molar-refractivity contribution in [3.05, 3.63) is 41.5 Å². The van der Waals surface area contributed by atoms with Gasteiger partial charge in [0.2, 0.25) is 6.04 Å². The predicted molar refractivity (Wildman–Crippen MR) is 80.5 cm³/mol. The maximum atomic E-state index is 12.9. The number of amides is 1. The third-order valence-corrected chi connectivity index (χ3v) is 3.15. The van der Waals surface area contributed by atoms with E-state index in [4.69, 9.17) is 0 Å². The zero-order valence-electron chi connectivity index (χ0n) is 12.4. The van der Waals surface area contributed by atoms with Gasteiger partial charge in [-0.25, -0.2) is 4.79 Å². The number of nitrogens with zero attached hydrogens (tertiary/aromatic N) is 1. The molecule has 23 heavy (non-hydrogen) atoms. The lowest BCUT2D eigenvalue weighted by Crippen LogP contribution is -2.52. The smallest absolute Gasteiger partial charge is 0.419 e. The maximum Gasteiger partial charge on any atom is 0.419 e. The summed E-state index contributed by atoms with van der Waals surface area (Å²) in [6, 6.07) is -2.20. The van der Waals surface area contributed by atoms with Crippen molar-refractivity contribution in [2.24, 2.45) is 4.99 Å². The fourth-order valence-corrected chi connectivity index (χ4v) is 2.07. The number of esters is 1. The monoisotopic (exact) mass is 331 g/mol. The fraction of sp³-hybridized carbons (Fsp3) is 0.333. The molecular weight excluding hydrogens is 313 g/mol. The lowest BCUT2D eigenvalue weighted by molar-refractivity contribution is -0.185. The second-order valence-electron chi connectivity index (χ2n) is 4.85. The number of allylic oxidation sites excluding steroid dienone is 2. The van der Waals surface area contributed by atoms with Crippen LogP contribution in [0, 0.1) is 6.04 Å². The molecule has 5 nitrogen and oxygen atoms in total. The second-order valence-corrected chi connectivity index (χ2v) is 4.85. The molecular formula is C15H18F3N2O3. The number of halogens is 3. The fourth-order valence-electron chi connectivity index (χ4n) is 2.07. The molecule has 0 spiro atoms. The zero-order chi connectivity index (χ0) is 17.2. The molecule has 0 saturated heterocycles. The Bertz CT molecular complexity index is 655. The molecule has 0 fully saturated rings. The van der Waals surface area contributed by atoms with E-state index in [9.17, 15) is 22.8 Å². The van der Waals surface area contributed by atoms with Crippen molar-refractivity contribution < 1.29 is 30.4 Å². The van der Waals surface area contributed by atoms with E-state index in [0.717, 1.165) is 5.57 Å². The molecule has 0 aromatic heterocycles. The SMILES string of the molecule is CCOC(=O)C(NC(=O)C1=N[C]2C(C)=CC=CC2=C1)C(F)(F)F.[HH].[HH]. The molecule has 0 saturated carbocycles. The quantitative estimate of drug-likeness (QED) is 0.805. The Morgan fingerprint density at radius 2 is 2.13 bits per heavy atom. The summed E-state index contributed by atoms with van der Waals surface area (Å²) in [5, 5.41) is 1.64. The van der Waals surface area contributed by atoms with Gasteiger partial charge in [0, 0.05) is 2.85 Å². The summed E-state index contributed by atoms with van der Waals surface area (Å²) < 4.78 is 43.1. The Hall–Kier alpha value is -2.38. The van der Waals surface area contributed by atoms with E-state index < -0.39 is 24.1 Å². The molecule has 1 N–H and O–H groups in total. The zero-order valence-corrected chi connectivity index (χ0v) is 12.4.